The molecule has 3 heteroatoms. The average Bonchev–Trinajstić information content (AvgIpc) is 2.89. The summed E-state index contributed by atoms with van der Waals surface area (Å²) in [4.78, 5) is 0. The molecule has 0 aliphatic rings. The lowest BCUT2D eigenvalue weighted by molar-refractivity contribution is 0.0310. The predicted molar refractivity (Wildman–Crippen MR) is 165 cm³/mol. The molecule has 0 bridgehead atoms. The maximum Gasteiger partial charge on any atom is 0.106 e. The fraction of sp³-hybridized carbons (Fsp3) is 1.00. The topological polar surface area (TPSA) is 52.5 Å². The lowest BCUT2D eigenvalue weighted by Gasteiger charge is -2.18. The molecule has 0 radical (unpaired) electrons. The van der Waals surface area contributed by atoms with Crippen LogP contribution in [0.5, 0.6) is 0 Å². The molecule has 0 amide bonds. The fourth-order valence-corrected chi connectivity index (χ4v) is 5.45. The van der Waals surface area contributed by atoms with Crippen LogP contribution in [0.1, 0.15) is 206 Å². The van der Waals surface area contributed by atoms with Crippen molar-refractivity contribution in [2.24, 2.45) is 0 Å². The summed E-state index contributed by atoms with van der Waals surface area (Å²) in [6.45, 7) is 4.57. The van der Waals surface area contributed by atoms with Gasteiger partial charge in [0.15, 0.2) is 0 Å². The third-order valence-corrected chi connectivity index (χ3v) is 8.05. The molecule has 0 saturated heterocycles. The van der Waals surface area contributed by atoms with Gasteiger partial charge in [-0.15, -0.1) is 0 Å². The minimum absolute atomic E-state index is 0.556. The van der Waals surface area contributed by atoms with E-state index in [1.165, 1.54) is 167 Å². The van der Waals surface area contributed by atoms with Crippen LogP contribution >= 0.6 is 0 Å². The smallest absolute Gasteiger partial charge is 0.106 e. The van der Waals surface area contributed by atoms with Crippen LogP contribution in [0.2, 0.25) is 0 Å². The summed E-state index contributed by atoms with van der Waals surface area (Å²) in [5.74, 6) is 0. The van der Waals surface area contributed by atoms with Crippen LogP contribution < -0.4 is 5.32 Å². The summed E-state index contributed by atoms with van der Waals surface area (Å²) >= 11 is 0. The van der Waals surface area contributed by atoms with Gasteiger partial charge in [-0.05, 0) is 25.7 Å². The number of nitrogens with one attached hydrogen (secondary N) is 1. The minimum Gasteiger partial charge on any atom is -0.379 e. The van der Waals surface area contributed by atoms with Crippen molar-refractivity contribution in [3.05, 3.63) is 0 Å². The van der Waals surface area contributed by atoms with Crippen LogP contribution in [0.25, 0.3) is 0 Å². The summed E-state index contributed by atoms with van der Waals surface area (Å²) in [5, 5.41) is 23.3. The number of unbranched alkanes of at least 4 members (excludes halogenated alkanes) is 26. The van der Waals surface area contributed by atoms with Crippen molar-refractivity contribution in [3.8, 4) is 0 Å². The van der Waals surface area contributed by atoms with Crippen LogP contribution in [0.4, 0.5) is 0 Å². The highest BCUT2D eigenvalue weighted by Gasteiger charge is 2.09. The Morgan fingerprint density at radius 2 is 0.514 bits per heavy atom. The van der Waals surface area contributed by atoms with Gasteiger partial charge in [-0.1, -0.05) is 181 Å². The van der Waals surface area contributed by atoms with Crippen LogP contribution in [-0.4, -0.2) is 22.7 Å². The summed E-state index contributed by atoms with van der Waals surface area (Å²) in [6.07, 6.45) is 38.3. The zero-order valence-electron chi connectivity index (χ0n) is 25.8. The maximum atomic E-state index is 10.2. The average molecular weight is 526 g/mol. The highest BCUT2D eigenvalue weighted by atomic mass is 16.3. The third kappa shape index (κ3) is 32.0. The van der Waals surface area contributed by atoms with Gasteiger partial charge in [0.1, 0.15) is 12.5 Å². The first-order chi connectivity index (χ1) is 18.2. The summed E-state index contributed by atoms with van der Waals surface area (Å²) < 4.78 is 0. The first-order valence-electron chi connectivity index (χ1n) is 17.3. The zero-order chi connectivity index (χ0) is 27.1. The molecule has 2 unspecified atom stereocenters. The Morgan fingerprint density at radius 3 is 0.730 bits per heavy atom. The second-order valence-electron chi connectivity index (χ2n) is 12.0. The first-order valence-corrected chi connectivity index (χ1v) is 17.3. The van der Waals surface area contributed by atoms with Gasteiger partial charge in [-0.2, -0.15) is 0 Å². The monoisotopic (exact) mass is 526 g/mol. The molecule has 0 saturated carbocycles. The van der Waals surface area contributed by atoms with Crippen molar-refractivity contribution in [1.82, 2.24) is 5.32 Å². The highest BCUT2D eigenvalue weighted by Crippen LogP contribution is 2.15. The van der Waals surface area contributed by atoms with E-state index in [2.05, 4.69) is 19.2 Å². The van der Waals surface area contributed by atoms with Gasteiger partial charge < -0.3 is 10.2 Å². The molecule has 0 heterocycles. The Balaban J connectivity index is 3.26. The van der Waals surface area contributed by atoms with Crippen molar-refractivity contribution in [2.45, 2.75) is 219 Å². The number of rotatable bonds is 32. The van der Waals surface area contributed by atoms with Gasteiger partial charge in [0.2, 0.25) is 0 Å². The van der Waals surface area contributed by atoms with E-state index in [4.69, 9.17) is 0 Å². The minimum atomic E-state index is -0.557. The Bertz CT molecular complexity index is 403. The quantitative estimate of drug-likeness (QED) is 0.0604. The Labute approximate surface area is 234 Å². The second-order valence-corrected chi connectivity index (χ2v) is 12.0. The highest BCUT2D eigenvalue weighted by molar-refractivity contribution is 4.60. The van der Waals surface area contributed by atoms with Crippen LogP contribution in [0, 0.1) is 0 Å². The number of hydrogen-bond donors (Lipinski definition) is 3. The van der Waals surface area contributed by atoms with Gasteiger partial charge in [0.05, 0.1) is 0 Å². The maximum absolute atomic E-state index is 10.2. The van der Waals surface area contributed by atoms with E-state index < -0.39 is 12.5 Å². The standard InChI is InChI=1S/C34H71NO2/c1-3-5-7-9-11-13-15-17-18-20-22-24-26-28-30-32-34(37)35-33(36)31-29-27-25-23-21-19-16-14-12-10-8-6-4-2/h33-37H,3-32H2,1-2H3. The molecule has 3 nitrogen and oxygen atoms in total. The molecule has 0 rings (SSSR count). The largest absolute Gasteiger partial charge is 0.379 e. The van der Waals surface area contributed by atoms with Gasteiger partial charge in [0.25, 0.3) is 0 Å². The lowest BCUT2D eigenvalue weighted by Crippen LogP contribution is -2.38. The molecular formula is C34H71NO2. The van der Waals surface area contributed by atoms with E-state index in [9.17, 15) is 10.2 Å². The van der Waals surface area contributed by atoms with E-state index in [0.29, 0.717) is 0 Å². The van der Waals surface area contributed by atoms with E-state index in [0.717, 1.165) is 25.7 Å². The van der Waals surface area contributed by atoms with Gasteiger partial charge in [-0.25, -0.2) is 0 Å². The van der Waals surface area contributed by atoms with E-state index in [1.54, 1.807) is 0 Å². The van der Waals surface area contributed by atoms with Crippen LogP contribution in [-0.2, 0) is 0 Å². The number of aliphatic hydroxyl groups excluding tert-OH is 2. The SMILES string of the molecule is CCCCCCCCCCCCCCCCCC(O)NC(O)CCCCCCCCCCCCCCC. The number of hydrogen-bond acceptors (Lipinski definition) is 3. The molecule has 0 aliphatic carbocycles. The molecule has 224 valence electrons. The summed E-state index contributed by atoms with van der Waals surface area (Å²) in [5.41, 5.74) is 0. The van der Waals surface area contributed by atoms with E-state index in [1.807, 2.05) is 0 Å². The molecular weight excluding hydrogens is 454 g/mol. The third-order valence-electron chi connectivity index (χ3n) is 8.05. The zero-order valence-corrected chi connectivity index (χ0v) is 25.8. The van der Waals surface area contributed by atoms with Crippen molar-refractivity contribution < 1.29 is 10.2 Å². The van der Waals surface area contributed by atoms with Crippen molar-refractivity contribution >= 4 is 0 Å². The first kappa shape index (κ1) is 36.9. The lowest BCUT2D eigenvalue weighted by atomic mass is 10.0. The fourth-order valence-electron chi connectivity index (χ4n) is 5.45. The summed E-state index contributed by atoms with van der Waals surface area (Å²) in [6, 6.07) is 0. The molecule has 0 aromatic carbocycles. The molecule has 3 N–H and O–H groups in total. The van der Waals surface area contributed by atoms with Crippen molar-refractivity contribution in [1.29, 1.82) is 0 Å². The van der Waals surface area contributed by atoms with E-state index >= 15 is 0 Å². The molecule has 0 spiro atoms. The second kappa shape index (κ2) is 32.1. The Morgan fingerprint density at radius 1 is 0.324 bits per heavy atom. The van der Waals surface area contributed by atoms with Crippen LogP contribution in [0.3, 0.4) is 0 Å². The van der Waals surface area contributed by atoms with Gasteiger partial charge >= 0.3 is 0 Å². The van der Waals surface area contributed by atoms with Crippen LogP contribution in [0.15, 0.2) is 0 Å². The normalized spacial score (nSPS) is 13.3. The molecule has 0 fully saturated rings. The number of aliphatic hydroxyl groups is 2. The van der Waals surface area contributed by atoms with Gasteiger partial charge in [0, 0.05) is 0 Å². The van der Waals surface area contributed by atoms with Crippen molar-refractivity contribution in [3.63, 3.8) is 0 Å². The molecule has 2 atom stereocenters. The molecule has 0 aromatic heterocycles. The summed E-state index contributed by atoms with van der Waals surface area (Å²) in [7, 11) is 0. The predicted octanol–water partition coefficient (Wildman–Crippen LogP) is 11.0. The van der Waals surface area contributed by atoms with Crippen molar-refractivity contribution in [2.75, 3.05) is 0 Å². The Kier molecular flexibility index (Phi) is 32.0. The van der Waals surface area contributed by atoms with Gasteiger partial charge in [-0.3, -0.25) is 5.32 Å². The molecule has 37 heavy (non-hydrogen) atoms. The molecule has 0 aliphatic heterocycles. The van der Waals surface area contributed by atoms with E-state index in [-0.39, 0.29) is 0 Å². The Hall–Kier alpha value is -0.120. The molecule has 0 aromatic rings.